The number of ether oxygens (including phenoxy) is 1. The van der Waals surface area contributed by atoms with Crippen LogP contribution in [0.2, 0.25) is 0 Å². The number of hydrogen-bond donors (Lipinski definition) is 2. The van der Waals surface area contributed by atoms with Gasteiger partial charge in [0.15, 0.2) is 0 Å². The molecule has 0 aliphatic heterocycles. The number of hydrogen-bond acceptors (Lipinski definition) is 3. The van der Waals surface area contributed by atoms with Crippen molar-refractivity contribution >= 4 is 12.0 Å². The first-order chi connectivity index (χ1) is 9.72. The molecule has 0 spiro atoms. The molecule has 2 rings (SSSR count). The van der Waals surface area contributed by atoms with E-state index in [-0.39, 0.29) is 0 Å². The summed E-state index contributed by atoms with van der Waals surface area (Å²) in [5.74, 6) is 0.267. The van der Waals surface area contributed by atoms with Crippen LogP contribution in [-0.2, 0) is 11.3 Å². The maximum atomic E-state index is 11.0. The lowest BCUT2D eigenvalue weighted by Gasteiger charge is -2.07. The van der Waals surface area contributed by atoms with Crippen molar-refractivity contribution in [2.75, 3.05) is 7.11 Å². The van der Waals surface area contributed by atoms with E-state index in [1.807, 2.05) is 47.2 Å². The van der Waals surface area contributed by atoms with Crippen LogP contribution in [0.1, 0.15) is 11.3 Å². The van der Waals surface area contributed by atoms with E-state index in [1.165, 1.54) is 6.08 Å². The Labute approximate surface area is 117 Å². The highest BCUT2D eigenvalue weighted by molar-refractivity contribution is 5.90. The van der Waals surface area contributed by atoms with Gasteiger partial charge in [0.25, 0.3) is 5.91 Å². The van der Waals surface area contributed by atoms with Gasteiger partial charge in [0.1, 0.15) is 5.75 Å². The summed E-state index contributed by atoms with van der Waals surface area (Å²) in [7, 11) is 1.63. The van der Waals surface area contributed by atoms with E-state index in [2.05, 4.69) is 0 Å². The Kier molecular flexibility index (Phi) is 4.57. The van der Waals surface area contributed by atoms with Gasteiger partial charge in [0.2, 0.25) is 0 Å². The molecule has 5 heteroatoms. The third kappa shape index (κ3) is 3.49. The van der Waals surface area contributed by atoms with E-state index in [4.69, 9.17) is 9.94 Å². The maximum Gasteiger partial charge on any atom is 0.267 e. The van der Waals surface area contributed by atoms with E-state index in [9.17, 15) is 4.79 Å². The average molecular weight is 272 g/mol. The Morgan fingerprint density at radius 3 is 2.75 bits per heavy atom. The molecular weight excluding hydrogens is 256 g/mol. The number of benzene rings is 1. The summed E-state index contributed by atoms with van der Waals surface area (Å²) in [6.45, 7) is 0.692. The summed E-state index contributed by atoms with van der Waals surface area (Å²) in [6, 6.07) is 11.6. The molecular formula is C15H16N2O3. The van der Waals surface area contributed by atoms with Gasteiger partial charge < -0.3 is 9.30 Å². The Balaban J connectivity index is 2.11. The van der Waals surface area contributed by atoms with Gasteiger partial charge in [-0.15, -0.1) is 0 Å². The van der Waals surface area contributed by atoms with Crippen LogP contribution in [-0.4, -0.2) is 22.8 Å². The number of rotatable bonds is 5. The molecule has 1 amide bonds. The molecule has 1 aromatic heterocycles. The van der Waals surface area contributed by atoms with Crippen molar-refractivity contribution in [3.63, 3.8) is 0 Å². The number of carbonyl (C=O) groups is 1. The third-order valence-electron chi connectivity index (χ3n) is 2.89. The van der Waals surface area contributed by atoms with Crippen molar-refractivity contribution < 1.29 is 14.7 Å². The number of methoxy groups -OCH3 is 1. The lowest BCUT2D eigenvalue weighted by molar-refractivity contribution is -0.124. The SMILES string of the molecule is COc1ccc(Cn2cccc2/C=C/C(=O)NO)cc1. The highest BCUT2D eigenvalue weighted by Gasteiger charge is 2.00. The fourth-order valence-corrected chi connectivity index (χ4v) is 1.85. The molecule has 0 fully saturated rings. The number of aromatic nitrogens is 1. The van der Waals surface area contributed by atoms with Crippen molar-refractivity contribution in [3.8, 4) is 5.75 Å². The van der Waals surface area contributed by atoms with E-state index in [1.54, 1.807) is 18.7 Å². The average Bonchev–Trinajstić information content (AvgIpc) is 2.92. The summed E-state index contributed by atoms with van der Waals surface area (Å²) in [5.41, 5.74) is 3.57. The highest BCUT2D eigenvalue weighted by atomic mass is 16.5. The van der Waals surface area contributed by atoms with Crippen molar-refractivity contribution in [1.82, 2.24) is 10.0 Å². The van der Waals surface area contributed by atoms with E-state index >= 15 is 0 Å². The molecule has 104 valence electrons. The van der Waals surface area contributed by atoms with Crippen LogP contribution < -0.4 is 10.2 Å². The summed E-state index contributed by atoms with van der Waals surface area (Å²) < 4.78 is 7.12. The molecule has 0 aliphatic rings. The predicted octanol–water partition coefficient (Wildman–Crippen LogP) is 2.06. The van der Waals surface area contributed by atoms with E-state index in [0.29, 0.717) is 6.54 Å². The number of nitrogens with one attached hydrogen (secondary N) is 1. The van der Waals surface area contributed by atoms with Gasteiger partial charge in [0, 0.05) is 24.5 Å². The molecule has 0 atom stereocenters. The number of carbonyl (C=O) groups excluding carboxylic acids is 1. The Bertz CT molecular complexity index is 600. The molecule has 20 heavy (non-hydrogen) atoms. The standard InChI is InChI=1S/C15H16N2O3/c1-20-14-7-4-12(5-8-14)11-17-10-2-3-13(17)6-9-15(18)16-19/h2-10,19H,11H2,1H3,(H,16,18)/b9-6+. The molecule has 0 radical (unpaired) electrons. The minimum atomic E-state index is -0.554. The number of hydroxylamine groups is 1. The van der Waals surface area contributed by atoms with Crippen LogP contribution >= 0.6 is 0 Å². The molecule has 1 heterocycles. The third-order valence-corrected chi connectivity index (χ3v) is 2.89. The predicted molar refractivity (Wildman–Crippen MR) is 75.5 cm³/mol. The first kappa shape index (κ1) is 13.9. The van der Waals surface area contributed by atoms with Crippen molar-refractivity contribution in [2.45, 2.75) is 6.54 Å². The fraction of sp³-hybridized carbons (Fsp3) is 0.133. The molecule has 0 unspecified atom stereocenters. The minimum Gasteiger partial charge on any atom is -0.497 e. The van der Waals surface area contributed by atoms with Crippen LogP contribution in [0, 0.1) is 0 Å². The van der Waals surface area contributed by atoms with Crippen LogP contribution in [0.3, 0.4) is 0 Å². The molecule has 5 nitrogen and oxygen atoms in total. The fourth-order valence-electron chi connectivity index (χ4n) is 1.85. The topological polar surface area (TPSA) is 63.5 Å². The largest absolute Gasteiger partial charge is 0.497 e. The Morgan fingerprint density at radius 2 is 2.10 bits per heavy atom. The second kappa shape index (κ2) is 6.58. The Hall–Kier alpha value is -2.53. The quantitative estimate of drug-likeness (QED) is 0.497. The van der Waals surface area contributed by atoms with Crippen LogP contribution in [0.5, 0.6) is 5.75 Å². The van der Waals surface area contributed by atoms with Crippen molar-refractivity contribution in [3.05, 3.63) is 59.9 Å². The normalized spacial score (nSPS) is 10.7. The van der Waals surface area contributed by atoms with Gasteiger partial charge >= 0.3 is 0 Å². The van der Waals surface area contributed by atoms with E-state index in [0.717, 1.165) is 17.0 Å². The monoisotopic (exact) mass is 272 g/mol. The van der Waals surface area contributed by atoms with Crippen LogP contribution in [0.4, 0.5) is 0 Å². The number of amides is 1. The van der Waals surface area contributed by atoms with Crippen LogP contribution in [0.15, 0.2) is 48.7 Å². The minimum absolute atomic E-state index is 0.554. The molecule has 1 aromatic carbocycles. The van der Waals surface area contributed by atoms with Gasteiger partial charge in [0.05, 0.1) is 7.11 Å². The van der Waals surface area contributed by atoms with Crippen molar-refractivity contribution in [2.24, 2.45) is 0 Å². The van der Waals surface area contributed by atoms with Crippen LogP contribution in [0.25, 0.3) is 6.08 Å². The zero-order chi connectivity index (χ0) is 14.4. The molecule has 0 bridgehead atoms. The van der Waals surface area contributed by atoms with Gasteiger partial charge in [-0.2, -0.15) is 0 Å². The molecule has 2 N–H and O–H groups in total. The zero-order valence-corrected chi connectivity index (χ0v) is 11.1. The van der Waals surface area contributed by atoms with Gasteiger partial charge in [-0.1, -0.05) is 12.1 Å². The summed E-state index contributed by atoms with van der Waals surface area (Å²) in [5, 5.41) is 8.45. The summed E-state index contributed by atoms with van der Waals surface area (Å²) in [4.78, 5) is 11.0. The summed E-state index contributed by atoms with van der Waals surface area (Å²) >= 11 is 0. The second-order valence-electron chi connectivity index (χ2n) is 4.22. The molecule has 2 aromatic rings. The highest BCUT2D eigenvalue weighted by Crippen LogP contribution is 2.14. The van der Waals surface area contributed by atoms with Gasteiger partial charge in [-0.25, -0.2) is 5.48 Å². The first-order valence-corrected chi connectivity index (χ1v) is 6.13. The second-order valence-corrected chi connectivity index (χ2v) is 4.22. The van der Waals surface area contributed by atoms with Gasteiger partial charge in [-0.05, 0) is 35.9 Å². The zero-order valence-electron chi connectivity index (χ0n) is 11.1. The van der Waals surface area contributed by atoms with Crippen molar-refractivity contribution in [1.29, 1.82) is 0 Å². The first-order valence-electron chi connectivity index (χ1n) is 6.13. The smallest absolute Gasteiger partial charge is 0.267 e. The lowest BCUT2D eigenvalue weighted by Crippen LogP contribution is -2.15. The van der Waals surface area contributed by atoms with Gasteiger partial charge in [-0.3, -0.25) is 10.0 Å². The summed E-state index contributed by atoms with van der Waals surface area (Å²) in [6.07, 6.45) is 4.86. The molecule has 0 saturated heterocycles. The van der Waals surface area contributed by atoms with E-state index < -0.39 is 5.91 Å². The lowest BCUT2D eigenvalue weighted by atomic mass is 10.2. The number of nitrogens with zero attached hydrogens (tertiary/aromatic N) is 1. The maximum absolute atomic E-state index is 11.0. The molecule has 0 saturated carbocycles. The Morgan fingerprint density at radius 1 is 1.35 bits per heavy atom. The molecule has 0 aliphatic carbocycles.